The van der Waals surface area contributed by atoms with Crippen molar-refractivity contribution in [1.29, 1.82) is 0 Å². The number of urea groups is 1. The number of amides is 2. The first-order valence-corrected chi connectivity index (χ1v) is 8.21. The second-order valence-corrected chi connectivity index (χ2v) is 5.96. The molecular weight excluding hydrogens is 318 g/mol. The lowest BCUT2D eigenvalue weighted by atomic mass is 9.85. The minimum Gasteiger partial charge on any atom is -0.339 e. The maximum absolute atomic E-state index is 12.0. The highest BCUT2D eigenvalue weighted by molar-refractivity contribution is 5.99. The number of nitrogens with one attached hydrogen (secondary N) is 2. The zero-order valence-corrected chi connectivity index (χ0v) is 13.5. The van der Waals surface area contributed by atoms with Gasteiger partial charge in [0.15, 0.2) is 0 Å². The summed E-state index contributed by atoms with van der Waals surface area (Å²) in [5.41, 5.74) is 1.52. The van der Waals surface area contributed by atoms with Crippen molar-refractivity contribution in [2.24, 2.45) is 0 Å². The molecule has 7 nitrogen and oxygen atoms in total. The molecule has 0 radical (unpaired) electrons. The molecule has 1 aliphatic carbocycles. The fourth-order valence-electron chi connectivity index (χ4n) is 2.59. The largest absolute Gasteiger partial charge is 0.339 e. The van der Waals surface area contributed by atoms with Crippen LogP contribution in [0.3, 0.4) is 0 Å². The van der Waals surface area contributed by atoms with Gasteiger partial charge in [0.05, 0.1) is 0 Å². The molecule has 0 bridgehead atoms. The van der Waals surface area contributed by atoms with Crippen molar-refractivity contribution >= 4 is 17.5 Å². The Labute approximate surface area is 144 Å². The third-order valence-electron chi connectivity index (χ3n) is 4.20. The van der Waals surface area contributed by atoms with E-state index in [1.807, 2.05) is 12.1 Å². The van der Waals surface area contributed by atoms with E-state index in [2.05, 4.69) is 25.8 Å². The molecule has 2 aromatic heterocycles. The molecule has 2 amide bonds. The molecule has 0 spiro atoms. The predicted octanol–water partition coefficient (Wildman–Crippen LogP) is 4.04. The standard InChI is InChI=1S/C18H17N5O2/c24-18(21-15-6-1-2-11-19-15)20-14-9-7-12(8-10-14)16-22-17(25-23-16)13-4-3-5-13/h1-2,6-11,13H,3-5H2,(H2,19,20,21,24). The van der Waals surface area contributed by atoms with Crippen LogP contribution >= 0.6 is 0 Å². The number of nitrogens with zero attached hydrogens (tertiary/aromatic N) is 3. The van der Waals surface area contributed by atoms with Crippen LogP contribution in [-0.4, -0.2) is 21.2 Å². The van der Waals surface area contributed by atoms with E-state index in [4.69, 9.17) is 4.52 Å². The summed E-state index contributed by atoms with van der Waals surface area (Å²) in [6.45, 7) is 0. The van der Waals surface area contributed by atoms with Gasteiger partial charge in [-0.25, -0.2) is 9.78 Å². The lowest BCUT2D eigenvalue weighted by Gasteiger charge is -2.20. The van der Waals surface area contributed by atoms with Gasteiger partial charge in [-0.15, -0.1) is 0 Å². The lowest BCUT2D eigenvalue weighted by molar-refractivity contribution is 0.262. The summed E-state index contributed by atoms with van der Waals surface area (Å²) < 4.78 is 5.34. The summed E-state index contributed by atoms with van der Waals surface area (Å²) in [6.07, 6.45) is 5.09. The Morgan fingerprint density at radius 3 is 2.60 bits per heavy atom. The summed E-state index contributed by atoms with van der Waals surface area (Å²) in [6, 6.07) is 12.3. The minimum absolute atomic E-state index is 0.349. The number of anilines is 2. The zero-order valence-electron chi connectivity index (χ0n) is 13.5. The molecule has 7 heteroatoms. The molecular formula is C18H17N5O2. The van der Waals surface area contributed by atoms with Gasteiger partial charge in [-0.2, -0.15) is 4.98 Å². The molecule has 0 saturated heterocycles. The van der Waals surface area contributed by atoms with Gasteiger partial charge in [0.25, 0.3) is 0 Å². The number of benzene rings is 1. The molecule has 0 unspecified atom stereocenters. The van der Waals surface area contributed by atoms with E-state index in [0.717, 1.165) is 24.3 Å². The average molecular weight is 335 g/mol. The Bertz CT molecular complexity index is 857. The Kier molecular flexibility index (Phi) is 4.12. The van der Waals surface area contributed by atoms with Crippen molar-refractivity contribution in [3.63, 3.8) is 0 Å². The van der Waals surface area contributed by atoms with Crippen molar-refractivity contribution in [2.75, 3.05) is 10.6 Å². The number of carbonyl (C=O) groups is 1. The Morgan fingerprint density at radius 2 is 1.92 bits per heavy atom. The van der Waals surface area contributed by atoms with E-state index in [0.29, 0.717) is 23.2 Å². The van der Waals surface area contributed by atoms with Crippen LogP contribution in [0.4, 0.5) is 16.3 Å². The first-order valence-electron chi connectivity index (χ1n) is 8.21. The molecule has 0 aliphatic heterocycles. The first-order chi connectivity index (χ1) is 12.3. The SMILES string of the molecule is O=C(Nc1ccc(-c2noc(C3CCC3)n2)cc1)Nc1ccccn1. The van der Waals surface area contributed by atoms with Gasteiger partial charge in [-0.3, -0.25) is 5.32 Å². The quantitative estimate of drug-likeness (QED) is 0.750. The Balaban J connectivity index is 1.39. The zero-order chi connectivity index (χ0) is 17.1. The summed E-state index contributed by atoms with van der Waals surface area (Å²) in [4.78, 5) is 20.5. The Hall–Kier alpha value is -3.22. The fourth-order valence-corrected chi connectivity index (χ4v) is 2.59. The monoisotopic (exact) mass is 335 g/mol. The lowest BCUT2D eigenvalue weighted by Crippen LogP contribution is -2.19. The molecule has 1 saturated carbocycles. The van der Waals surface area contributed by atoms with Crippen molar-refractivity contribution < 1.29 is 9.32 Å². The number of hydrogen-bond donors (Lipinski definition) is 2. The normalized spacial score (nSPS) is 13.9. The number of pyridine rings is 1. The summed E-state index contributed by atoms with van der Waals surface area (Å²) >= 11 is 0. The smallest absolute Gasteiger partial charge is 0.324 e. The third-order valence-corrected chi connectivity index (χ3v) is 4.20. The number of aromatic nitrogens is 3. The van der Waals surface area contributed by atoms with E-state index in [-0.39, 0.29) is 6.03 Å². The highest BCUT2D eigenvalue weighted by atomic mass is 16.5. The minimum atomic E-state index is -0.349. The predicted molar refractivity (Wildman–Crippen MR) is 93.2 cm³/mol. The van der Waals surface area contributed by atoms with E-state index >= 15 is 0 Å². The van der Waals surface area contributed by atoms with Gasteiger partial charge in [0, 0.05) is 23.4 Å². The first kappa shape index (κ1) is 15.3. The van der Waals surface area contributed by atoms with Crippen molar-refractivity contribution in [1.82, 2.24) is 15.1 Å². The van der Waals surface area contributed by atoms with E-state index in [1.165, 1.54) is 6.42 Å². The van der Waals surface area contributed by atoms with Crippen LogP contribution in [0, 0.1) is 0 Å². The summed E-state index contributed by atoms with van der Waals surface area (Å²) in [7, 11) is 0. The second-order valence-electron chi connectivity index (χ2n) is 5.96. The summed E-state index contributed by atoms with van der Waals surface area (Å²) in [5.74, 6) is 2.20. The van der Waals surface area contributed by atoms with Crippen LogP contribution in [0.15, 0.2) is 53.2 Å². The number of carbonyl (C=O) groups excluding carboxylic acids is 1. The fraction of sp³-hybridized carbons (Fsp3) is 0.222. The Morgan fingerprint density at radius 1 is 1.08 bits per heavy atom. The van der Waals surface area contributed by atoms with Gasteiger partial charge in [-0.1, -0.05) is 17.6 Å². The van der Waals surface area contributed by atoms with Crippen LogP contribution in [0.25, 0.3) is 11.4 Å². The van der Waals surface area contributed by atoms with Crippen molar-refractivity contribution in [2.45, 2.75) is 25.2 Å². The molecule has 2 N–H and O–H groups in total. The van der Waals surface area contributed by atoms with Crippen LogP contribution in [-0.2, 0) is 0 Å². The van der Waals surface area contributed by atoms with Crippen LogP contribution in [0.5, 0.6) is 0 Å². The topological polar surface area (TPSA) is 92.9 Å². The molecule has 4 rings (SSSR count). The van der Waals surface area contributed by atoms with Gasteiger partial charge >= 0.3 is 6.03 Å². The van der Waals surface area contributed by atoms with Crippen LogP contribution < -0.4 is 10.6 Å². The summed E-state index contributed by atoms with van der Waals surface area (Å²) in [5, 5.41) is 9.46. The van der Waals surface area contributed by atoms with Crippen molar-refractivity contribution in [3.8, 4) is 11.4 Å². The van der Waals surface area contributed by atoms with Gasteiger partial charge < -0.3 is 9.84 Å². The number of hydrogen-bond acceptors (Lipinski definition) is 5. The van der Waals surface area contributed by atoms with E-state index in [1.54, 1.807) is 36.5 Å². The van der Waals surface area contributed by atoms with Gasteiger partial charge in [-0.05, 0) is 49.2 Å². The maximum atomic E-state index is 12.0. The molecule has 2 heterocycles. The maximum Gasteiger partial charge on any atom is 0.324 e. The second kappa shape index (κ2) is 6.72. The highest BCUT2D eigenvalue weighted by Gasteiger charge is 2.25. The molecule has 1 aromatic carbocycles. The van der Waals surface area contributed by atoms with E-state index in [9.17, 15) is 4.79 Å². The average Bonchev–Trinajstić information content (AvgIpc) is 3.04. The molecule has 1 fully saturated rings. The van der Waals surface area contributed by atoms with Gasteiger partial charge in [0.1, 0.15) is 5.82 Å². The molecule has 3 aromatic rings. The third kappa shape index (κ3) is 3.50. The molecule has 1 aliphatic rings. The van der Waals surface area contributed by atoms with Crippen LogP contribution in [0.1, 0.15) is 31.1 Å². The molecule has 25 heavy (non-hydrogen) atoms. The number of rotatable bonds is 4. The van der Waals surface area contributed by atoms with Crippen LogP contribution in [0.2, 0.25) is 0 Å². The molecule has 126 valence electrons. The van der Waals surface area contributed by atoms with Gasteiger partial charge in [0.2, 0.25) is 11.7 Å². The highest BCUT2D eigenvalue weighted by Crippen LogP contribution is 2.36. The van der Waals surface area contributed by atoms with Crippen molar-refractivity contribution in [3.05, 3.63) is 54.6 Å². The molecule has 0 atom stereocenters. The van der Waals surface area contributed by atoms with E-state index < -0.39 is 0 Å².